The van der Waals surface area contributed by atoms with Crippen molar-refractivity contribution in [1.29, 1.82) is 0 Å². The minimum Gasteiger partial charge on any atom is -0.271 e. The monoisotopic (exact) mass is 323 g/mol. The van der Waals surface area contributed by atoms with Crippen molar-refractivity contribution in [3.8, 4) is 0 Å². The molecule has 0 saturated heterocycles. The van der Waals surface area contributed by atoms with Gasteiger partial charge in [0.1, 0.15) is 5.82 Å². The normalized spacial score (nSPS) is 12.4. The predicted octanol–water partition coefficient (Wildman–Crippen LogP) is 3.04. The van der Waals surface area contributed by atoms with E-state index < -0.39 is 0 Å². The predicted molar refractivity (Wildman–Crippen MR) is 76.8 cm³/mol. The lowest BCUT2D eigenvalue weighted by atomic mass is 10.0. The highest BCUT2D eigenvalue weighted by Crippen LogP contribution is 2.23. The summed E-state index contributed by atoms with van der Waals surface area (Å²) >= 11 is 3.42. The summed E-state index contributed by atoms with van der Waals surface area (Å²) in [6.45, 7) is 2.00. The minimum absolute atomic E-state index is 0.155. The van der Waals surface area contributed by atoms with Crippen LogP contribution in [0.5, 0.6) is 0 Å². The van der Waals surface area contributed by atoms with Gasteiger partial charge in [0.15, 0.2) is 0 Å². The molecule has 1 aromatic carbocycles. The van der Waals surface area contributed by atoms with E-state index in [0.29, 0.717) is 6.42 Å². The van der Waals surface area contributed by atoms with Crippen LogP contribution < -0.4 is 11.3 Å². The zero-order valence-corrected chi connectivity index (χ0v) is 12.1. The van der Waals surface area contributed by atoms with Gasteiger partial charge in [-0.15, -0.1) is 0 Å². The van der Waals surface area contributed by atoms with Crippen molar-refractivity contribution in [2.24, 2.45) is 5.84 Å². The van der Waals surface area contributed by atoms with E-state index in [1.54, 1.807) is 12.3 Å². The number of hydrogen-bond acceptors (Lipinski definition) is 3. The number of nitrogens with one attached hydrogen (secondary N) is 1. The second kappa shape index (κ2) is 6.23. The average molecular weight is 324 g/mol. The highest BCUT2D eigenvalue weighted by molar-refractivity contribution is 9.10. The van der Waals surface area contributed by atoms with Crippen molar-refractivity contribution < 1.29 is 4.39 Å². The van der Waals surface area contributed by atoms with E-state index in [9.17, 15) is 4.39 Å². The van der Waals surface area contributed by atoms with Crippen molar-refractivity contribution in [3.63, 3.8) is 0 Å². The molecule has 1 aromatic heterocycles. The van der Waals surface area contributed by atoms with Crippen molar-refractivity contribution in [1.82, 2.24) is 10.4 Å². The third kappa shape index (κ3) is 3.59. The second-order valence-electron chi connectivity index (χ2n) is 4.42. The maximum Gasteiger partial charge on any atom is 0.123 e. The largest absolute Gasteiger partial charge is 0.271 e. The first-order valence-corrected chi connectivity index (χ1v) is 6.72. The SMILES string of the molecule is Cc1ccnc(C(Cc2cc(F)ccc2Br)NN)c1. The second-order valence-corrected chi connectivity index (χ2v) is 5.27. The summed E-state index contributed by atoms with van der Waals surface area (Å²) in [6.07, 6.45) is 2.31. The van der Waals surface area contributed by atoms with E-state index in [2.05, 4.69) is 26.3 Å². The molecule has 1 heterocycles. The van der Waals surface area contributed by atoms with Crippen LogP contribution in [0.15, 0.2) is 41.0 Å². The Labute approximate surface area is 120 Å². The molecular formula is C14H15BrFN3. The van der Waals surface area contributed by atoms with E-state index >= 15 is 0 Å². The summed E-state index contributed by atoms with van der Waals surface area (Å²) in [5, 5.41) is 0. The first-order chi connectivity index (χ1) is 9.10. The third-order valence-electron chi connectivity index (χ3n) is 2.93. The summed E-state index contributed by atoms with van der Waals surface area (Å²) in [7, 11) is 0. The number of nitrogens with two attached hydrogens (primary N) is 1. The molecule has 19 heavy (non-hydrogen) atoms. The van der Waals surface area contributed by atoms with Gasteiger partial charge >= 0.3 is 0 Å². The lowest BCUT2D eigenvalue weighted by molar-refractivity contribution is 0.534. The summed E-state index contributed by atoms with van der Waals surface area (Å²) < 4.78 is 14.1. The lowest BCUT2D eigenvalue weighted by Crippen LogP contribution is -2.30. The molecule has 5 heteroatoms. The number of benzene rings is 1. The molecule has 0 amide bonds. The van der Waals surface area contributed by atoms with Crippen LogP contribution in [0.4, 0.5) is 4.39 Å². The van der Waals surface area contributed by atoms with Gasteiger partial charge in [-0.25, -0.2) is 4.39 Å². The van der Waals surface area contributed by atoms with Gasteiger partial charge in [0.25, 0.3) is 0 Å². The quantitative estimate of drug-likeness (QED) is 0.671. The molecule has 100 valence electrons. The van der Waals surface area contributed by atoms with E-state index in [0.717, 1.165) is 21.3 Å². The molecule has 3 N–H and O–H groups in total. The highest BCUT2D eigenvalue weighted by atomic mass is 79.9. The molecule has 0 fully saturated rings. The van der Waals surface area contributed by atoms with Crippen molar-refractivity contribution in [2.45, 2.75) is 19.4 Å². The van der Waals surface area contributed by atoms with Gasteiger partial charge in [-0.05, 0) is 54.8 Å². The fraction of sp³-hybridized carbons (Fsp3) is 0.214. The Morgan fingerprint density at radius 3 is 2.84 bits per heavy atom. The van der Waals surface area contributed by atoms with Gasteiger partial charge < -0.3 is 0 Å². The van der Waals surface area contributed by atoms with E-state index in [-0.39, 0.29) is 11.9 Å². The molecule has 0 aliphatic carbocycles. The molecule has 2 aromatic rings. The molecule has 1 unspecified atom stereocenters. The fourth-order valence-electron chi connectivity index (χ4n) is 1.92. The van der Waals surface area contributed by atoms with Crippen LogP contribution in [0.3, 0.4) is 0 Å². The molecule has 0 aliphatic rings. The Morgan fingerprint density at radius 1 is 1.37 bits per heavy atom. The Morgan fingerprint density at radius 2 is 2.16 bits per heavy atom. The summed E-state index contributed by atoms with van der Waals surface area (Å²) in [6, 6.07) is 8.36. The van der Waals surface area contributed by atoms with Crippen molar-refractivity contribution in [3.05, 3.63) is 63.6 Å². The van der Waals surface area contributed by atoms with Crippen LogP contribution in [0.1, 0.15) is 22.9 Å². The van der Waals surface area contributed by atoms with Gasteiger partial charge in [0, 0.05) is 10.7 Å². The maximum absolute atomic E-state index is 13.3. The molecule has 0 bridgehead atoms. The number of pyridine rings is 1. The van der Waals surface area contributed by atoms with E-state index in [4.69, 9.17) is 5.84 Å². The Kier molecular flexibility index (Phi) is 4.63. The smallest absolute Gasteiger partial charge is 0.123 e. The molecule has 0 aliphatic heterocycles. The van der Waals surface area contributed by atoms with Gasteiger partial charge in [0.2, 0.25) is 0 Å². The number of halogens is 2. The Hall–Kier alpha value is -1.30. The van der Waals surface area contributed by atoms with Gasteiger partial charge in [0.05, 0.1) is 11.7 Å². The topological polar surface area (TPSA) is 50.9 Å². The minimum atomic E-state index is -0.258. The van der Waals surface area contributed by atoms with Gasteiger partial charge in [-0.3, -0.25) is 16.3 Å². The molecule has 0 spiro atoms. The molecule has 0 saturated carbocycles. The first-order valence-electron chi connectivity index (χ1n) is 5.92. The molecule has 1 atom stereocenters. The molecule has 0 radical (unpaired) electrons. The van der Waals surface area contributed by atoms with Crippen molar-refractivity contribution >= 4 is 15.9 Å². The molecule has 3 nitrogen and oxygen atoms in total. The first kappa shape index (κ1) is 14.1. The number of hydrazine groups is 1. The Balaban J connectivity index is 2.26. The van der Waals surface area contributed by atoms with Crippen LogP contribution in [0, 0.1) is 12.7 Å². The fourth-order valence-corrected chi connectivity index (χ4v) is 2.33. The summed E-state index contributed by atoms with van der Waals surface area (Å²) in [5.41, 5.74) is 5.55. The number of aryl methyl sites for hydroxylation is 1. The summed E-state index contributed by atoms with van der Waals surface area (Å²) in [4.78, 5) is 4.31. The molecule has 2 rings (SSSR count). The van der Waals surface area contributed by atoms with Crippen LogP contribution in [0.2, 0.25) is 0 Å². The van der Waals surface area contributed by atoms with Crippen LogP contribution in [-0.4, -0.2) is 4.98 Å². The van der Waals surface area contributed by atoms with Crippen LogP contribution >= 0.6 is 15.9 Å². The number of nitrogens with zero attached hydrogens (tertiary/aromatic N) is 1. The summed E-state index contributed by atoms with van der Waals surface area (Å²) in [5.74, 6) is 5.33. The highest BCUT2D eigenvalue weighted by Gasteiger charge is 2.14. The number of hydrogen-bond donors (Lipinski definition) is 2. The number of aromatic nitrogens is 1. The third-order valence-corrected chi connectivity index (χ3v) is 3.70. The van der Waals surface area contributed by atoms with E-state index in [1.807, 2.05) is 19.1 Å². The Bertz CT molecular complexity index is 574. The zero-order chi connectivity index (χ0) is 13.8. The standard InChI is InChI=1S/C14H15BrFN3/c1-9-4-5-18-13(6-9)14(19-17)8-10-7-11(16)2-3-12(10)15/h2-7,14,19H,8,17H2,1H3. The van der Waals surface area contributed by atoms with E-state index in [1.165, 1.54) is 12.1 Å². The maximum atomic E-state index is 13.3. The number of rotatable bonds is 4. The molecular weight excluding hydrogens is 309 g/mol. The average Bonchev–Trinajstić information content (AvgIpc) is 2.39. The van der Waals surface area contributed by atoms with Crippen LogP contribution in [0.25, 0.3) is 0 Å². The van der Waals surface area contributed by atoms with Gasteiger partial charge in [-0.1, -0.05) is 15.9 Å². The van der Waals surface area contributed by atoms with Crippen molar-refractivity contribution in [2.75, 3.05) is 0 Å². The lowest BCUT2D eigenvalue weighted by Gasteiger charge is -2.16. The zero-order valence-electron chi connectivity index (χ0n) is 10.5. The van der Waals surface area contributed by atoms with Crippen LogP contribution in [-0.2, 0) is 6.42 Å². The van der Waals surface area contributed by atoms with Gasteiger partial charge in [-0.2, -0.15) is 0 Å².